The van der Waals surface area contributed by atoms with Gasteiger partial charge in [0.05, 0.1) is 38.9 Å². The van der Waals surface area contributed by atoms with Crippen LogP contribution in [0.1, 0.15) is 35.1 Å². The standard InChI is InChI=1S/C25H29F3N2O2.ClH/c1-30(2,23-12-14-32-15-13-23)18-21-8-6-20(7-9-21)17-29-24(31)11-10-19-4-3-5-22(16-19)25(26,27)28;/h3-11,16,23H,12-15,17-18H2,1-2H3;1H. The number of halogens is 4. The first-order chi connectivity index (χ1) is 15.1. The summed E-state index contributed by atoms with van der Waals surface area (Å²) in [6.45, 7) is 2.93. The van der Waals surface area contributed by atoms with Crippen LogP contribution in [-0.2, 0) is 28.8 Å². The third-order valence-electron chi connectivity index (χ3n) is 5.90. The molecule has 4 nitrogen and oxygen atoms in total. The lowest BCUT2D eigenvalue weighted by Crippen LogP contribution is -3.00. The average molecular weight is 483 g/mol. The lowest BCUT2D eigenvalue weighted by molar-refractivity contribution is -0.929. The Morgan fingerprint density at radius 2 is 1.73 bits per heavy atom. The molecule has 2 aromatic rings. The van der Waals surface area contributed by atoms with Crippen LogP contribution in [0.4, 0.5) is 13.2 Å². The van der Waals surface area contributed by atoms with Gasteiger partial charge in [0.2, 0.25) is 5.91 Å². The number of ether oxygens (including phenoxy) is 1. The summed E-state index contributed by atoms with van der Waals surface area (Å²) in [5.41, 5.74) is 1.79. The first kappa shape index (κ1) is 26.9. The lowest BCUT2D eigenvalue weighted by atomic mass is 10.0. The number of quaternary nitrogens is 1. The summed E-state index contributed by atoms with van der Waals surface area (Å²) in [5, 5.41) is 2.77. The maximum Gasteiger partial charge on any atom is 0.416 e. The zero-order chi connectivity index (χ0) is 23.2. The minimum atomic E-state index is -4.41. The quantitative estimate of drug-likeness (QED) is 0.483. The summed E-state index contributed by atoms with van der Waals surface area (Å²) in [6.07, 6.45) is 0.370. The predicted molar refractivity (Wildman–Crippen MR) is 118 cm³/mol. The van der Waals surface area contributed by atoms with E-state index in [0.29, 0.717) is 18.2 Å². The molecular formula is C25H30ClF3N2O2. The number of hydrogen-bond donors (Lipinski definition) is 1. The van der Waals surface area contributed by atoms with Gasteiger partial charge in [0, 0.05) is 31.0 Å². The molecule has 0 unspecified atom stereocenters. The molecule has 1 aliphatic heterocycles. The van der Waals surface area contributed by atoms with Crippen LogP contribution in [0.15, 0.2) is 54.6 Å². The summed E-state index contributed by atoms with van der Waals surface area (Å²) >= 11 is 0. The molecule has 0 radical (unpaired) electrons. The van der Waals surface area contributed by atoms with E-state index in [1.807, 2.05) is 12.1 Å². The van der Waals surface area contributed by atoms with Gasteiger partial charge >= 0.3 is 6.18 Å². The number of nitrogens with one attached hydrogen (secondary N) is 1. The second-order valence-electron chi connectivity index (χ2n) is 8.77. The van der Waals surface area contributed by atoms with E-state index in [2.05, 4.69) is 31.5 Å². The van der Waals surface area contributed by atoms with E-state index in [4.69, 9.17) is 4.74 Å². The number of carbonyl (C=O) groups is 1. The second-order valence-corrected chi connectivity index (χ2v) is 8.77. The van der Waals surface area contributed by atoms with Gasteiger partial charge in [-0.3, -0.25) is 4.79 Å². The van der Waals surface area contributed by atoms with Crippen LogP contribution in [0.2, 0.25) is 0 Å². The Morgan fingerprint density at radius 3 is 2.36 bits per heavy atom. The number of alkyl halides is 3. The number of nitrogens with zero attached hydrogens (tertiary/aromatic N) is 1. The first-order valence-electron chi connectivity index (χ1n) is 10.7. The average Bonchev–Trinajstić information content (AvgIpc) is 2.77. The third-order valence-corrected chi connectivity index (χ3v) is 5.90. The lowest BCUT2D eigenvalue weighted by Gasteiger charge is -2.40. The summed E-state index contributed by atoms with van der Waals surface area (Å²) < 4.78 is 44.7. The first-order valence-corrected chi connectivity index (χ1v) is 10.7. The van der Waals surface area contributed by atoms with Crippen LogP contribution in [0.5, 0.6) is 0 Å². The fraction of sp³-hybridized carbons (Fsp3) is 0.400. The smallest absolute Gasteiger partial charge is 0.416 e. The van der Waals surface area contributed by atoms with E-state index in [1.165, 1.54) is 29.8 Å². The van der Waals surface area contributed by atoms with Crippen molar-refractivity contribution in [2.45, 2.75) is 38.1 Å². The van der Waals surface area contributed by atoms with Crippen molar-refractivity contribution in [2.24, 2.45) is 0 Å². The molecule has 0 bridgehead atoms. The van der Waals surface area contributed by atoms with Gasteiger partial charge < -0.3 is 26.9 Å². The summed E-state index contributed by atoms with van der Waals surface area (Å²) in [4.78, 5) is 12.1. The molecule has 0 aromatic heterocycles. The molecule has 1 amide bonds. The van der Waals surface area contributed by atoms with Gasteiger partial charge in [0.25, 0.3) is 0 Å². The van der Waals surface area contributed by atoms with E-state index in [0.717, 1.165) is 54.8 Å². The molecule has 2 aromatic carbocycles. The van der Waals surface area contributed by atoms with Crippen molar-refractivity contribution in [3.05, 3.63) is 76.9 Å². The molecule has 1 saturated heterocycles. The molecule has 3 rings (SSSR count). The Morgan fingerprint density at radius 1 is 1.09 bits per heavy atom. The van der Waals surface area contributed by atoms with Gasteiger partial charge in [0.1, 0.15) is 6.54 Å². The second kappa shape index (κ2) is 11.7. The van der Waals surface area contributed by atoms with Gasteiger partial charge in [0.15, 0.2) is 0 Å². The molecule has 180 valence electrons. The van der Waals surface area contributed by atoms with Crippen LogP contribution >= 0.6 is 0 Å². The van der Waals surface area contributed by atoms with Crippen LogP contribution in [0, 0.1) is 0 Å². The third kappa shape index (κ3) is 8.18. The van der Waals surface area contributed by atoms with E-state index < -0.39 is 11.7 Å². The molecule has 33 heavy (non-hydrogen) atoms. The molecule has 0 aliphatic carbocycles. The molecule has 1 aliphatic rings. The minimum absolute atomic E-state index is 0. The Balaban J connectivity index is 0.00000385. The van der Waals surface area contributed by atoms with Gasteiger partial charge in [-0.25, -0.2) is 0 Å². The van der Waals surface area contributed by atoms with Crippen LogP contribution in [0.3, 0.4) is 0 Å². The zero-order valence-corrected chi connectivity index (χ0v) is 19.6. The maximum absolute atomic E-state index is 12.8. The number of amides is 1. The molecule has 1 N–H and O–H groups in total. The van der Waals surface area contributed by atoms with E-state index >= 15 is 0 Å². The van der Waals surface area contributed by atoms with Crippen LogP contribution in [-0.4, -0.2) is 43.7 Å². The topological polar surface area (TPSA) is 38.3 Å². The molecule has 1 heterocycles. The van der Waals surface area contributed by atoms with Crippen molar-refractivity contribution in [3.63, 3.8) is 0 Å². The monoisotopic (exact) mass is 482 g/mol. The largest absolute Gasteiger partial charge is 1.00 e. The molecule has 1 fully saturated rings. The van der Waals surface area contributed by atoms with Crippen molar-refractivity contribution in [1.82, 2.24) is 5.32 Å². The molecule has 0 spiro atoms. The zero-order valence-electron chi connectivity index (χ0n) is 18.9. The normalized spacial score (nSPS) is 15.3. The summed E-state index contributed by atoms with van der Waals surface area (Å²) in [6, 6.07) is 13.6. The highest BCUT2D eigenvalue weighted by Gasteiger charge is 2.31. The highest BCUT2D eigenvalue weighted by atomic mass is 35.5. The minimum Gasteiger partial charge on any atom is -1.00 e. The summed E-state index contributed by atoms with van der Waals surface area (Å²) in [7, 11) is 4.50. The van der Waals surface area contributed by atoms with Crippen molar-refractivity contribution >= 4 is 12.0 Å². The molecule has 0 atom stereocenters. The molecule has 0 saturated carbocycles. The van der Waals surface area contributed by atoms with E-state index in [9.17, 15) is 18.0 Å². The van der Waals surface area contributed by atoms with E-state index in [1.54, 1.807) is 0 Å². The van der Waals surface area contributed by atoms with Crippen molar-refractivity contribution in [2.75, 3.05) is 27.3 Å². The highest BCUT2D eigenvalue weighted by molar-refractivity contribution is 5.91. The van der Waals surface area contributed by atoms with Crippen molar-refractivity contribution in [1.29, 1.82) is 0 Å². The van der Waals surface area contributed by atoms with Crippen molar-refractivity contribution in [3.8, 4) is 0 Å². The van der Waals surface area contributed by atoms with Crippen LogP contribution < -0.4 is 17.7 Å². The van der Waals surface area contributed by atoms with Crippen molar-refractivity contribution < 1.29 is 39.6 Å². The maximum atomic E-state index is 12.8. The number of hydrogen-bond acceptors (Lipinski definition) is 2. The number of carbonyl (C=O) groups excluding carboxylic acids is 1. The van der Waals surface area contributed by atoms with Gasteiger partial charge in [-0.2, -0.15) is 13.2 Å². The Bertz CT molecular complexity index is 937. The molecule has 8 heteroatoms. The van der Waals surface area contributed by atoms with Gasteiger partial charge in [-0.05, 0) is 29.3 Å². The Hall–Kier alpha value is -2.35. The van der Waals surface area contributed by atoms with Gasteiger partial charge in [-0.15, -0.1) is 0 Å². The fourth-order valence-electron chi connectivity index (χ4n) is 3.98. The SMILES string of the molecule is C[N+](C)(Cc1ccc(CNC(=O)C=Cc2cccc(C(F)(F)F)c2)cc1)C1CCOCC1.[Cl-]. The van der Waals surface area contributed by atoms with Crippen LogP contribution in [0.25, 0.3) is 6.08 Å². The Kier molecular flexibility index (Phi) is 9.52. The van der Waals surface area contributed by atoms with Gasteiger partial charge in [-0.1, -0.05) is 36.4 Å². The Labute approximate surface area is 199 Å². The number of benzene rings is 2. The summed E-state index contributed by atoms with van der Waals surface area (Å²) in [5.74, 6) is -0.358. The fourth-order valence-corrected chi connectivity index (χ4v) is 3.98. The highest BCUT2D eigenvalue weighted by Crippen LogP contribution is 2.29. The number of rotatable bonds is 7. The van der Waals surface area contributed by atoms with E-state index in [-0.39, 0.29) is 18.3 Å². The molecular weight excluding hydrogens is 453 g/mol. The predicted octanol–water partition coefficient (Wildman–Crippen LogP) is 1.79.